The van der Waals surface area contributed by atoms with Crippen LogP contribution < -0.4 is 5.73 Å². The van der Waals surface area contributed by atoms with Crippen molar-refractivity contribution in [1.29, 1.82) is 0 Å². The molecule has 2 aromatic rings. The van der Waals surface area contributed by atoms with Gasteiger partial charge in [0.25, 0.3) is 0 Å². The highest BCUT2D eigenvalue weighted by Crippen LogP contribution is 2.72. The lowest BCUT2D eigenvalue weighted by Crippen LogP contribution is -2.70. The number of hydrogen-bond donors (Lipinski definition) is 3. The number of Topliss-reactive ketones (excluding diaryl/α,β-unsaturated/α-hetero) is 2. The van der Waals surface area contributed by atoms with Crippen LogP contribution in [0.25, 0.3) is 0 Å². The SMILES string of the molecule is C=C1C=C[C@@]2(C)C(=C1)[C@@H](F)C[C@H]1[C@@H]3C[C@H]4O[C@H](c5ccc(C(=O)Cc6cccc(N)c6)cc5)O[C@@]4(C(=O)CO)[C@@]3(C)C[C@H](O)[C@@]12F. The second-order valence-electron chi connectivity index (χ2n) is 14.1. The number of carbonyl (C=O) groups excluding carboxylic acids is 2. The van der Waals surface area contributed by atoms with Gasteiger partial charge in [0.15, 0.2) is 29.1 Å². The first-order valence-corrected chi connectivity index (χ1v) is 15.8. The van der Waals surface area contributed by atoms with Crippen molar-refractivity contribution in [2.24, 2.45) is 22.7 Å². The Kier molecular flexibility index (Phi) is 7.11. The van der Waals surface area contributed by atoms with E-state index in [1.54, 1.807) is 74.5 Å². The van der Waals surface area contributed by atoms with Gasteiger partial charge in [-0.15, -0.1) is 0 Å². The fourth-order valence-corrected chi connectivity index (χ4v) is 9.60. The molecule has 1 aliphatic heterocycles. The Labute approximate surface area is 266 Å². The quantitative estimate of drug-likeness (QED) is 0.292. The normalized spacial score (nSPS) is 40.8. The fourth-order valence-electron chi connectivity index (χ4n) is 9.60. The largest absolute Gasteiger partial charge is 0.399 e. The zero-order chi connectivity index (χ0) is 32.8. The Morgan fingerprint density at radius 2 is 1.85 bits per heavy atom. The van der Waals surface area contributed by atoms with Crippen LogP contribution in [-0.2, 0) is 20.7 Å². The lowest BCUT2D eigenvalue weighted by Gasteiger charge is -2.63. The summed E-state index contributed by atoms with van der Waals surface area (Å²) in [5.41, 5.74) is 2.63. The summed E-state index contributed by atoms with van der Waals surface area (Å²) in [4.78, 5) is 26.7. The number of aliphatic hydroxyl groups is 2. The summed E-state index contributed by atoms with van der Waals surface area (Å²) in [5.74, 6) is -2.24. The molecule has 242 valence electrons. The minimum atomic E-state index is -2.21. The molecular weight excluding hydrogens is 592 g/mol. The molecule has 46 heavy (non-hydrogen) atoms. The van der Waals surface area contributed by atoms with Crippen molar-refractivity contribution >= 4 is 17.3 Å². The molecule has 4 N–H and O–H groups in total. The number of halogens is 2. The number of nitrogen functional groups attached to an aromatic ring is 1. The smallest absolute Gasteiger partial charge is 0.193 e. The number of allylic oxidation sites excluding steroid dienone is 5. The molecule has 0 spiro atoms. The van der Waals surface area contributed by atoms with Gasteiger partial charge in [-0.2, -0.15) is 0 Å². The summed E-state index contributed by atoms with van der Waals surface area (Å²) >= 11 is 0. The molecule has 7 nitrogen and oxygen atoms in total. The van der Waals surface area contributed by atoms with Gasteiger partial charge >= 0.3 is 0 Å². The molecule has 0 radical (unpaired) electrons. The van der Waals surface area contributed by atoms with Crippen LogP contribution in [0.5, 0.6) is 0 Å². The Bertz CT molecular complexity index is 1690. The first-order chi connectivity index (χ1) is 21.8. The molecule has 5 aliphatic rings. The molecule has 2 aromatic carbocycles. The van der Waals surface area contributed by atoms with Crippen LogP contribution in [0.2, 0.25) is 0 Å². The topological polar surface area (TPSA) is 119 Å². The zero-order valence-corrected chi connectivity index (χ0v) is 25.9. The van der Waals surface area contributed by atoms with Gasteiger partial charge in [0, 0.05) is 40.0 Å². The predicted molar refractivity (Wildman–Crippen MR) is 167 cm³/mol. The number of benzene rings is 2. The highest BCUT2D eigenvalue weighted by atomic mass is 19.1. The van der Waals surface area contributed by atoms with Crippen LogP contribution in [-0.4, -0.2) is 58.0 Å². The maximum absolute atomic E-state index is 17.6. The van der Waals surface area contributed by atoms with E-state index in [0.29, 0.717) is 22.4 Å². The van der Waals surface area contributed by atoms with Crippen LogP contribution in [0.15, 0.2) is 84.5 Å². The molecule has 3 saturated carbocycles. The second-order valence-corrected chi connectivity index (χ2v) is 14.1. The van der Waals surface area contributed by atoms with Gasteiger partial charge in [-0.1, -0.05) is 68.1 Å². The van der Waals surface area contributed by atoms with E-state index in [4.69, 9.17) is 15.2 Å². The highest BCUT2D eigenvalue weighted by molar-refractivity contribution is 5.97. The molecule has 4 aliphatic carbocycles. The number of hydrogen-bond acceptors (Lipinski definition) is 7. The van der Waals surface area contributed by atoms with Gasteiger partial charge in [0.2, 0.25) is 0 Å². The number of rotatable bonds is 6. The van der Waals surface area contributed by atoms with E-state index in [1.807, 2.05) is 6.07 Å². The van der Waals surface area contributed by atoms with Gasteiger partial charge in [-0.05, 0) is 60.9 Å². The molecule has 0 amide bonds. The molecule has 10 atom stereocenters. The van der Waals surface area contributed by atoms with Crippen molar-refractivity contribution in [1.82, 2.24) is 0 Å². The van der Waals surface area contributed by atoms with E-state index in [2.05, 4.69) is 6.58 Å². The lowest BCUT2D eigenvalue weighted by atomic mass is 9.44. The monoisotopic (exact) mass is 631 g/mol. The van der Waals surface area contributed by atoms with Crippen molar-refractivity contribution in [3.8, 4) is 0 Å². The lowest BCUT2D eigenvalue weighted by molar-refractivity contribution is -0.235. The van der Waals surface area contributed by atoms with Crippen LogP contribution in [0.4, 0.5) is 14.5 Å². The third-order valence-corrected chi connectivity index (χ3v) is 11.8. The van der Waals surface area contributed by atoms with Crippen molar-refractivity contribution in [2.75, 3.05) is 12.3 Å². The van der Waals surface area contributed by atoms with Crippen molar-refractivity contribution in [3.63, 3.8) is 0 Å². The molecule has 0 bridgehead atoms. The Morgan fingerprint density at radius 3 is 2.54 bits per heavy atom. The predicted octanol–water partition coefficient (Wildman–Crippen LogP) is 5.32. The first kappa shape index (κ1) is 31.1. The average Bonchev–Trinajstić information content (AvgIpc) is 3.52. The third kappa shape index (κ3) is 4.08. The molecule has 1 heterocycles. The number of anilines is 1. The summed E-state index contributed by atoms with van der Waals surface area (Å²) < 4.78 is 46.5. The van der Waals surface area contributed by atoms with E-state index in [0.717, 1.165) is 5.56 Å². The summed E-state index contributed by atoms with van der Waals surface area (Å²) in [7, 11) is 0. The minimum Gasteiger partial charge on any atom is -0.399 e. The molecule has 9 heteroatoms. The van der Waals surface area contributed by atoms with E-state index >= 15 is 8.78 Å². The maximum atomic E-state index is 17.6. The van der Waals surface area contributed by atoms with Crippen LogP contribution in [0, 0.1) is 22.7 Å². The number of aliphatic hydroxyl groups excluding tert-OH is 2. The summed E-state index contributed by atoms with van der Waals surface area (Å²) in [6, 6.07) is 13.9. The fraction of sp³-hybridized carbons (Fsp3) is 0.459. The average molecular weight is 632 g/mol. The zero-order valence-electron chi connectivity index (χ0n) is 25.9. The third-order valence-electron chi connectivity index (χ3n) is 11.8. The summed E-state index contributed by atoms with van der Waals surface area (Å²) in [5, 5.41) is 21.9. The second kappa shape index (κ2) is 10.5. The molecule has 4 fully saturated rings. The summed E-state index contributed by atoms with van der Waals surface area (Å²) in [6.45, 7) is 6.46. The number of alkyl halides is 2. The molecule has 7 rings (SSSR count). The Morgan fingerprint density at radius 1 is 1.11 bits per heavy atom. The number of nitrogens with two attached hydrogens (primary N) is 1. The van der Waals surface area contributed by atoms with Crippen LogP contribution in [0.3, 0.4) is 0 Å². The van der Waals surface area contributed by atoms with Crippen molar-refractivity contribution in [3.05, 3.63) is 101 Å². The van der Waals surface area contributed by atoms with Gasteiger partial charge in [-0.25, -0.2) is 8.78 Å². The van der Waals surface area contributed by atoms with E-state index in [-0.39, 0.29) is 37.0 Å². The van der Waals surface area contributed by atoms with Crippen LogP contribution in [0.1, 0.15) is 60.9 Å². The van der Waals surface area contributed by atoms with Gasteiger partial charge in [0.1, 0.15) is 12.8 Å². The highest BCUT2D eigenvalue weighted by Gasteiger charge is 2.80. The number of ether oxygens (including phenoxy) is 2. The Balaban J connectivity index is 1.19. The molecule has 1 saturated heterocycles. The van der Waals surface area contributed by atoms with Gasteiger partial charge in [-0.3, -0.25) is 9.59 Å². The molecule has 0 unspecified atom stereocenters. The maximum Gasteiger partial charge on any atom is 0.193 e. The van der Waals surface area contributed by atoms with Crippen molar-refractivity contribution in [2.45, 2.75) is 75.5 Å². The van der Waals surface area contributed by atoms with E-state index < -0.39 is 71.0 Å². The standard InChI is InChI=1S/C37H39F2NO6/c1-20-11-12-34(2)27(13-20)28(38)16-26-25-17-32-37(31(44)19-41,35(25,3)18-30(43)36(26,34)39)46-33(45-32)23-9-7-22(8-10-23)29(42)15-21-5-4-6-24(40)14-21/h4-14,25-26,28,30,32-33,41,43H,1,15-19,40H2,2-3H3/t25-,26-,28-,30-,32+,33-,34-,35-,36-,37+/m0/s1. The molecular formula is C37H39F2NO6. The van der Waals surface area contributed by atoms with Crippen LogP contribution >= 0.6 is 0 Å². The van der Waals surface area contributed by atoms with E-state index in [1.165, 1.54) is 0 Å². The van der Waals surface area contributed by atoms with Gasteiger partial charge < -0.3 is 25.4 Å². The molecule has 0 aromatic heterocycles. The number of carbonyl (C=O) groups is 2. The minimum absolute atomic E-state index is 0.0991. The number of fused-ring (bicyclic) bond motifs is 7. The first-order valence-electron chi connectivity index (χ1n) is 15.8. The number of ketones is 2. The van der Waals surface area contributed by atoms with Crippen molar-refractivity contribution < 1.29 is 38.1 Å². The van der Waals surface area contributed by atoms with Gasteiger partial charge in [0.05, 0.1) is 12.2 Å². The van der Waals surface area contributed by atoms with E-state index in [9.17, 15) is 19.8 Å². The Hall–Kier alpha value is -3.50. The summed E-state index contributed by atoms with van der Waals surface area (Å²) in [6.07, 6.45) is 0.0298.